The zero-order valence-corrected chi connectivity index (χ0v) is 10.5. The first kappa shape index (κ1) is 16.9. The summed E-state index contributed by atoms with van der Waals surface area (Å²) in [6, 6.07) is 2.20. The van der Waals surface area contributed by atoms with Crippen LogP contribution in [0.1, 0.15) is 30.5 Å². The Bertz CT molecular complexity index is 429. The number of benzene rings is 1. The van der Waals surface area contributed by atoms with E-state index < -0.39 is 23.6 Å². The molecule has 2 N–H and O–H groups in total. The molecule has 0 fully saturated rings. The second-order valence-corrected chi connectivity index (χ2v) is 4.00. The van der Waals surface area contributed by atoms with Crippen LogP contribution in [0.2, 0.25) is 0 Å². The molecule has 0 aliphatic carbocycles. The number of hydrogen-bond acceptors (Lipinski definition) is 1. The van der Waals surface area contributed by atoms with E-state index in [-0.39, 0.29) is 18.0 Å². The molecule has 0 unspecified atom stereocenters. The van der Waals surface area contributed by atoms with Crippen molar-refractivity contribution in [3.63, 3.8) is 0 Å². The smallest absolute Gasteiger partial charge is 0.324 e. The van der Waals surface area contributed by atoms with Crippen molar-refractivity contribution in [1.82, 2.24) is 0 Å². The van der Waals surface area contributed by atoms with Gasteiger partial charge in [0, 0.05) is 6.04 Å². The molecule has 0 aromatic heterocycles. The molecule has 0 bridgehead atoms. The van der Waals surface area contributed by atoms with Crippen molar-refractivity contribution in [2.75, 3.05) is 0 Å². The fraction of sp³-hybridized carbons (Fsp3) is 0.333. The normalized spacial score (nSPS) is 12.8. The summed E-state index contributed by atoms with van der Waals surface area (Å²) in [5, 5.41) is 0. The molecule has 1 rings (SSSR count). The van der Waals surface area contributed by atoms with E-state index in [1.54, 1.807) is 6.92 Å². The molecule has 1 nitrogen and oxygen atoms in total. The van der Waals surface area contributed by atoms with Gasteiger partial charge in [-0.3, -0.25) is 0 Å². The quantitative estimate of drug-likeness (QED) is 0.652. The average Bonchev–Trinajstić information content (AvgIpc) is 2.15. The third kappa shape index (κ3) is 4.31. The molecule has 0 spiro atoms. The van der Waals surface area contributed by atoms with Gasteiger partial charge < -0.3 is 5.73 Å². The molecule has 1 aromatic rings. The lowest BCUT2D eigenvalue weighted by molar-refractivity contribution is -0.140. The molecule has 18 heavy (non-hydrogen) atoms. The van der Waals surface area contributed by atoms with E-state index in [4.69, 9.17) is 5.73 Å². The Kier molecular flexibility index (Phi) is 5.83. The Morgan fingerprint density at radius 1 is 1.39 bits per heavy atom. The van der Waals surface area contributed by atoms with Gasteiger partial charge in [0.2, 0.25) is 0 Å². The Labute approximate surface area is 109 Å². The number of nitrogens with two attached hydrogens (primary N) is 1. The van der Waals surface area contributed by atoms with Gasteiger partial charge in [-0.2, -0.15) is 13.2 Å². The summed E-state index contributed by atoms with van der Waals surface area (Å²) >= 11 is 0. The molecule has 1 aromatic carbocycles. The van der Waals surface area contributed by atoms with Gasteiger partial charge in [0.1, 0.15) is 5.82 Å². The minimum atomic E-state index is -4.71. The second-order valence-electron chi connectivity index (χ2n) is 4.00. The van der Waals surface area contributed by atoms with E-state index >= 15 is 0 Å². The van der Waals surface area contributed by atoms with Crippen LogP contribution in [0.3, 0.4) is 0 Å². The van der Waals surface area contributed by atoms with Crippen LogP contribution in [0, 0.1) is 5.82 Å². The van der Waals surface area contributed by atoms with Crippen molar-refractivity contribution in [1.29, 1.82) is 0 Å². The highest BCUT2D eigenvalue weighted by Gasteiger charge is 2.34. The molecular weight excluding hydrogens is 270 g/mol. The molecule has 0 amide bonds. The Balaban J connectivity index is 0.00000289. The molecule has 0 heterocycles. The van der Waals surface area contributed by atoms with Gasteiger partial charge in [-0.15, -0.1) is 19.0 Å². The molecule has 0 saturated carbocycles. The predicted octanol–water partition coefficient (Wildman–Crippen LogP) is 4.23. The van der Waals surface area contributed by atoms with Crippen molar-refractivity contribution in [3.05, 3.63) is 47.3 Å². The van der Waals surface area contributed by atoms with Crippen LogP contribution in [0.15, 0.2) is 30.4 Å². The molecule has 0 saturated heterocycles. The SMILES string of the molecule is C=C(C)C[C@H](N)c1ccc(F)c(C(F)(F)F)c1.Cl. The minimum Gasteiger partial charge on any atom is -0.324 e. The Morgan fingerprint density at radius 3 is 2.39 bits per heavy atom. The number of halogens is 5. The highest BCUT2D eigenvalue weighted by atomic mass is 35.5. The molecule has 102 valence electrons. The van der Waals surface area contributed by atoms with Gasteiger partial charge in [-0.25, -0.2) is 4.39 Å². The third-order valence-corrected chi connectivity index (χ3v) is 2.29. The van der Waals surface area contributed by atoms with Crippen molar-refractivity contribution < 1.29 is 17.6 Å². The first-order valence-corrected chi connectivity index (χ1v) is 4.98. The predicted molar refractivity (Wildman–Crippen MR) is 65.0 cm³/mol. The summed E-state index contributed by atoms with van der Waals surface area (Å²) in [6.07, 6.45) is -4.34. The summed E-state index contributed by atoms with van der Waals surface area (Å²) in [6.45, 7) is 5.36. The van der Waals surface area contributed by atoms with Crippen molar-refractivity contribution in [2.45, 2.75) is 25.6 Å². The monoisotopic (exact) mass is 283 g/mol. The lowest BCUT2D eigenvalue weighted by Crippen LogP contribution is -2.14. The summed E-state index contributed by atoms with van der Waals surface area (Å²) in [4.78, 5) is 0. The first-order valence-electron chi connectivity index (χ1n) is 4.98. The van der Waals surface area contributed by atoms with Crippen molar-refractivity contribution in [2.24, 2.45) is 5.73 Å². The Morgan fingerprint density at radius 2 is 1.94 bits per heavy atom. The molecule has 0 aliphatic heterocycles. The van der Waals surface area contributed by atoms with Crippen LogP contribution < -0.4 is 5.73 Å². The maximum atomic E-state index is 13.0. The molecule has 0 aliphatic rings. The van der Waals surface area contributed by atoms with Gasteiger partial charge in [0.15, 0.2) is 0 Å². The molecule has 0 radical (unpaired) electrons. The van der Waals surface area contributed by atoms with Crippen LogP contribution in [-0.2, 0) is 6.18 Å². The van der Waals surface area contributed by atoms with E-state index in [1.807, 2.05) is 0 Å². The van der Waals surface area contributed by atoms with Crippen LogP contribution in [0.25, 0.3) is 0 Å². The highest BCUT2D eigenvalue weighted by molar-refractivity contribution is 5.85. The van der Waals surface area contributed by atoms with Crippen LogP contribution in [-0.4, -0.2) is 0 Å². The summed E-state index contributed by atoms with van der Waals surface area (Å²) < 4.78 is 50.4. The second kappa shape index (κ2) is 6.20. The van der Waals surface area contributed by atoms with Gasteiger partial charge in [0.25, 0.3) is 0 Å². The lowest BCUT2D eigenvalue weighted by Gasteiger charge is -2.15. The average molecular weight is 284 g/mol. The van der Waals surface area contributed by atoms with Crippen molar-refractivity contribution in [3.8, 4) is 0 Å². The molecule has 1 atom stereocenters. The first-order chi connectivity index (χ1) is 7.71. The van der Waals surface area contributed by atoms with Gasteiger partial charge in [0.05, 0.1) is 5.56 Å². The van der Waals surface area contributed by atoms with E-state index in [1.165, 1.54) is 6.07 Å². The van der Waals surface area contributed by atoms with Crippen LogP contribution in [0.5, 0.6) is 0 Å². The Hall–Kier alpha value is -1.07. The third-order valence-electron chi connectivity index (χ3n) is 2.29. The molecule has 6 heteroatoms. The maximum absolute atomic E-state index is 13.0. The van der Waals surface area contributed by atoms with Crippen molar-refractivity contribution >= 4 is 12.4 Å². The maximum Gasteiger partial charge on any atom is 0.419 e. The number of alkyl halides is 3. The lowest BCUT2D eigenvalue weighted by atomic mass is 9.99. The number of rotatable bonds is 3. The summed E-state index contributed by atoms with van der Waals surface area (Å²) in [7, 11) is 0. The summed E-state index contributed by atoms with van der Waals surface area (Å²) in [5.74, 6) is -1.29. The zero-order chi connectivity index (χ0) is 13.2. The fourth-order valence-corrected chi connectivity index (χ4v) is 1.48. The van der Waals surface area contributed by atoms with E-state index in [2.05, 4.69) is 6.58 Å². The summed E-state index contributed by atoms with van der Waals surface area (Å²) in [5.41, 5.74) is 5.43. The van der Waals surface area contributed by atoms with Gasteiger partial charge >= 0.3 is 6.18 Å². The largest absolute Gasteiger partial charge is 0.419 e. The zero-order valence-electron chi connectivity index (χ0n) is 9.72. The van der Waals surface area contributed by atoms with Crippen LogP contribution in [0.4, 0.5) is 17.6 Å². The van der Waals surface area contributed by atoms with E-state index in [0.29, 0.717) is 6.42 Å². The highest BCUT2D eigenvalue weighted by Crippen LogP contribution is 2.33. The van der Waals surface area contributed by atoms with Gasteiger partial charge in [-0.1, -0.05) is 11.6 Å². The van der Waals surface area contributed by atoms with Crippen LogP contribution >= 0.6 is 12.4 Å². The number of hydrogen-bond donors (Lipinski definition) is 1. The van der Waals surface area contributed by atoms with E-state index in [9.17, 15) is 17.6 Å². The van der Waals surface area contributed by atoms with Gasteiger partial charge in [-0.05, 0) is 31.0 Å². The standard InChI is InChI=1S/C12H13F4N.ClH/c1-7(2)5-11(17)8-3-4-10(13)9(6-8)12(14,15)16;/h3-4,6,11H,1,5,17H2,2H3;1H/t11-;/m0./s1. The fourth-order valence-electron chi connectivity index (χ4n) is 1.48. The molecular formula is C12H14ClF4N. The minimum absolute atomic E-state index is 0. The topological polar surface area (TPSA) is 26.0 Å². The van der Waals surface area contributed by atoms with E-state index in [0.717, 1.165) is 17.7 Å².